The van der Waals surface area contributed by atoms with E-state index in [-0.39, 0.29) is 5.41 Å². The van der Waals surface area contributed by atoms with E-state index in [9.17, 15) is 0 Å². The molecule has 1 aromatic heterocycles. The second kappa shape index (κ2) is 10.2. The fourth-order valence-corrected chi connectivity index (χ4v) is 9.97. The van der Waals surface area contributed by atoms with Crippen LogP contribution in [0.5, 0.6) is 0 Å². The lowest BCUT2D eigenvalue weighted by Crippen LogP contribution is -2.16. The molecule has 0 unspecified atom stereocenters. The van der Waals surface area contributed by atoms with Crippen molar-refractivity contribution in [2.45, 2.75) is 19.3 Å². The number of nitrogens with zero attached hydrogens (tertiary/aromatic N) is 2. The standard InChI is InChI=1S/C51H34N2/c1-51(2)43-20-9-8-16-37(43)38-27-26-34(30-44(38)51)52(31-12-4-3-5-13-31)32-22-24-33(25-23-32)53-45-21-11-19-41-40-18-10-17-39-35-14-6-7-15-36(35)42-28-29-46(53)50(48(41)45)49(42)47(39)40/h3-30H,1-2H3. The Morgan fingerprint density at radius 2 is 0.943 bits per heavy atom. The SMILES string of the molecule is CC1(C)c2ccccc2-c2ccc(N(c3ccccc3)c3ccc(-n4c5cccc6c7cccc8c9ccccc9c9ccc4c(c9c87)c65)cc3)cc21. The molecule has 0 N–H and O–H groups in total. The van der Waals surface area contributed by atoms with E-state index < -0.39 is 0 Å². The summed E-state index contributed by atoms with van der Waals surface area (Å²) in [7, 11) is 0. The normalized spacial score (nSPS) is 13.6. The van der Waals surface area contributed by atoms with E-state index in [0.717, 1.165) is 22.7 Å². The van der Waals surface area contributed by atoms with Crippen LogP contribution in [0, 0.1) is 0 Å². The van der Waals surface area contributed by atoms with Crippen LogP contribution in [-0.4, -0.2) is 4.57 Å². The number of benzene rings is 10. The van der Waals surface area contributed by atoms with Gasteiger partial charge in [-0.05, 0) is 121 Å². The van der Waals surface area contributed by atoms with Gasteiger partial charge in [0.15, 0.2) is 0 Å². The minimum atomic E-state index is -0.0745. The largest absolute Gasteiger partial charge is 0.310 e. The predicted molar refractivity (Wildman–Crippen MR) is 225 cm³/mol. The molecule has 0 saturated heterocycles. The van der Waals surface area contributed by atoms with E-state index >= 15 is 0 Å². The first-order valence-corrected chi connectivity index (χ1v) is 18.6. The smallest absolute Gasteiger partial charge is 0.0548 e. The van der Waals surface area contributed by atoms with Crippen LogP contribution in [0.25, 0.3) is 81.7 Å². The van der Waals surface area contributed by atoms with E-state index in [1.807, 2.05) is 0 Å². The molecule has 0 aliphatic heterocycles. The molecule has 53 heavy (non-hydrogen) atoms. The topological polar surface area (TPSA) is 8.17 Å². The molecule has 248 valence electrons. The Morgan fingerprint density at radius 1 is 0.377 bits per heavy atom. The van der Waals surface area contributed by atoms with Crippen molar-refractivity contribution in [3.8, 4) is 16.8 Å². The number of hydrogen-bond donors (Lipinski definition) is 0. The summed E-state index contributed by atoms with van der Waals surface area (Å²) in [6, 6.07) is 63.1. The fraction of sp³-hybridized carbons (Fsp3) is 0.0588. The van der Waals surface area contributed by atoms with Crippen molar-refractivity contribution in [1.82, 2.24) is 4.57 Å². The molecule has 0 saturated carbocycles. The van der Waals surface area contributed by atoms with E-state index in [0.29, 0.717) is 0 Å². The molecular formula is C51H34N2. The van der Waals surface area contributed by atoms with Gasteiger partial charge in [-0.2, -0.15) is 0 Å². The van der Waals surface area contributed by atoms with Crippen LogP contribution in [0.4, 0.5) is 17.1 Å². The highest BCUT2D eigenvalue weighted by molar-refractivity contribution is 6.44. The quantitative estimate of drug-likeness (QED) is 0.133. The van der Waals surface area contributed by atoms with Crippen LogP contribution >= 0.6 is 0 Å². The summed E-state index contributed by atoms with van der Waals surface area (Å²) in [5, 5.41) is 13.4. The van der Waals surface area contributed by atoms with Crippen LogP contribution in [-0.2, 0) is 5.41 Å². The van der Waals surface area contributed by atoms with E-state index in [1.165, 1.54) is 87.1 Å². The summed E-state index contributed by atoms with van der Waals surface area (Å²) in [6.45, 7) is 4.71. The van der Waals surface area contributed by atoms with Gasteiger partial charge in [0.2, 0.25) is 0 Å². The third-order valence-electron chi connectivity index (χ3n) is 12.3. The van der Waals surface area contributed by atoms with Crippen LogP contribution < -0.4 is 4.90 Å². The summed E-state index contributed by atoms with van der Waals surface area (Å²) in [5.41, 5.74) is 12.5. The molecular weight excluding hydrogens is 641 g/mol. The average molecular weight is 675 g/mol. The minimum absolute atomic E-state index is 0.0745. The van der Waals surface area contributed by atoms with Crippen molar-refractivity contribution in [3.63, 3.8) is 0 Å². The number of hydrogen-bond acceptors (Lipinski definition) is 1. The Morgan fingerprint density at radius 3 is 1.74 bits per heavy atom. The van der Waals surface area contributed by atoms with Crippen LogP contribution in [0.15, 0.2) is 170 Å². The van der Waals surface area contributed by atoms with E-state index in [1.54, 1.807) is 0 Å². The molecule has 1 aliphatic rings. The van der Waals surface area contributed by atoms with Crippen molar-refractivity contribution >= 4 is 82.0 Å². The Labute approximate surface area is 307 Å². The maximum absolute atomic E-state index is 2.48. The van der Waals surface area contributed by atoms with Crippen molar-refractivity contribution < 1.29 is 0 Å². The van der Waals surface area contributed by atoms with Gasteiger partial charge < -0.3 is 9.47 Å². The summed E-state index contributed by atoms with van der Waals surface area (Å²) < 4.78 is 2.48. The Hall–Kier alpha value is -6.64. The summed E-state index contributed by atoms with van der Waals surface area (Å²) in [5.74, 6) is 0. The van der Waals surface area contributed by atoms with Crippen molar-refractivity contribution in [2.24, 2.45) is 0 Å². The number of rotatable bonds is 4. The average Bonchev–Trinajstić information content (AvgIpc) is 3.67. The molecule has 0 fully saturated rings. The van der Waals surface area contributed by atoms with Crippen molar-refractivity contribution in [2.75, 3.05) is 4.90 Å². The van der Waals surface area contributed by atoms with Crippen molar-refractivity contribution in [1.29, 1.82) is 0 Å². The zero-order valence-corrected chi connectivity index (χ0v) is 29.6. The van der Waals surface area contributed by atoms with Gasteiger partial charge >= 0.3 is 0 Å². The fourth-order valence-electron chi connectivity index (χ4n) is 9.97. The third kappa shape index (κ3) is 3.72. The molecule has 10 aromatic carbocycles. The Balaban J connectivity index is 1.06. The number of fused-ring (bicyclic) bond motifs is 7. The number of aromatic nitrogens is 1. The van der Waals surface area contributed by atoms with Crippen molar-refractivity contribution in [3.05, 3.63) is 181 Å². The molecule has 11 aromatic rings. The van der Waals surface area contributed by atoms with Gasteiger partial charge in [-0.3, -0.25) is 0 Å². The zero-order valence-electron chi connectivity index (χ0n) is 29.6. The zero-order chi connectivity index (χ0) is 35.0. The molecule has 0 bridgehead atoms. The van der Waals surface area contributed by atoms with Crippen LogP contribution in [0.1, 0.15) is 25.0 Å². The first kappa shape index (κ1) is 29.0. The summed E-state index contributed by atoms with van der Waals surface area (Å²) in [6.07, 6.45) is 0. The summed E-state index contributed by atoms with van der Waals surface area (Å²) in [4.78, 5) is 2.40. The number of para-hydroxylation sites is 1. The highest BCUT2D eigenvalue weighted by atomic mass is 15.1. The first-order valence-electron chi connectivity index (χ1n) is 18.6. The molecule has 0 spiro atoms. The summed E-state index contributed by atoms with van der Waals surface area (Å²) >= 11 is 0. The van der Waals surface area contributed by atoms with Gasteiger partial charge in [0, 0.05) is 44.3 Å². The van der Waals surface area contributed by atoms with E-state index in [4.69, 9.17) is 0 Å². The maximum Gasteiger partial charge on any atom is 0.0548 e. The lowest BCUT2D eigenvalue weighted by atomic mass is 9.82. The molecule has 0 radical (unpaired) electrons. The van der Waals surface area contributed by atoms with Gasteiger partial charge in [-0.15, -0.1) is 0 Å². The molecule has 0 atom stereocenters. The van der Waals surface area contributed by atoms with E-state index in [2.05, 4.69) is 193 Å². The van der Waals surface area contributed by atoms with Gasteiger partial charge in [0.25, 0.3) is 0 Å². The number of anilines is 3. The maximum atomic E-state index is 2.48. The molecule has 1 heterocycles. The molecule has 12 rings (SSSR count). The van der Waals surface area contributed by atoms with Crippen LogP contribution in [0.2, 0.25) is 0 Å². The lowest BCUT2D eigenvalue weighted by Gasteiger charge is -2.28. The monoisotopic (exact) mass is 674 g/mol. The minimum Gasteiger partial charge on any atom is -0.310 e. The van der Waals surface area contributed by atoms with Gasteiger partial charge in [0.05, 0.1) is 11.0 Å². The molecule has 0 amide bonds. The molecule has 2 nitrogen and oxygen atoms in total. The van der Waals surface area contributed by atoms with Gasteiger partial charge in [0.1, 0.15) is 0 Å². The molecule has 2 heteroatoms. The second-order valence-electron chi connectivity index (χ2n) is 15.3. The highest BCUT2D eigenvalue weighted by Crippen LogP contribution is 2.52. The Kier molecular flexibility index (Phi) is 5.60. The molecule has 1 aliphatic carbocycles. The first-order chi connectivity index (χ1) is 26.1. The van der Waals surface area contributed by atoms with Gasteiger partial charge in [-0.25, -0.2) is 0 Å². The van der Waals surface area contributed by atoms with Crippen LogP contribution in [0.3, 0.4) is 0 Å². The highest BCUT2D eigenvalue weighted by Gasteiger charge is 2.35. The Bertz CT molecular complexity index is 3240. The third-order valence-corrected chi connectivity index (χ3v) is 12.3. The van der Waals surface area contributed by atoms with Gasteiger partial charge in [-0.1, -0.05) is 123 Å². The second-order valence-corrected chi connectivity index (χ2v) is 15.3. The predicted octanol–water partition coefficient (Wildman–Crippen LogP) is 14.0. The lowest BCUT2D eigenvalue weighted by molar-refractivity contribution is 0.660.